The number of rotatable bonds is 4. The van der Waals surface area contributed by atoms with Gasteiger partial charge in [0.15, 0.2) is 0 Å². The summed E-state index contributed by atoms with van der Waals surface area (Å²) < 4.78 is 6.16. The Kier molecular flexibility index (Phi) is 2.90. The van der Waals surface area contributed by atoms with E-state index in [-0.39, 0.29) is 5.69 Å². The van der Waals surface area contributed by atoms with Gasteiger partial charge >= 0.3 is 0 Å². The van der Waals surface area contributed by atoms with Gasteiger partial charge in [0.05, 0.1) is 16.0 Å². The standard InChI is InChI=1S/C10H10BrNO3/c11-9-5-8(12(13)14)3-4-10(9)15-6-7-1-2-7/h3-5,7H,1-2,6H2. The van der Waals surface area contributed by atoms with E-state index in [9.17, 15) is 10.1 Å². The summed E-state index contributed by atoms with van der Waals surface area (Å²) in [6.07, 6.45) is 2.45. The third-order valence-corrected chi connectivity index (χ3v) is 2.92. The second-order valence-corrected chi connectivity index (χ2v) is 4.48. The van der Waals surface area contributed by atoms with Crippen molar-refractivity contribution >= 4 is 21.6 Å². The van der Waals surface area contributed by atoms with Gasteiger partial charge in [-0.25, -0.2) is 0 Å². The zero-order chi connectivity index (χ0) is 10.8. The minimum absolute atomic E-state index is 0.0700. The topological polar surface area (TPSA) is 52.4 Å². The number of nitro benzene ring substituents is 1. The van der Waals surface area contributed by atoms with Crippen molar-refractivity contribution in [2.45, 2.75) is 12.8 Å². The molecule has 0 aliphatic heterocycles. The van der Waals surface area contributed by atoms with Crippen LogP contribution in [0.1, 0.15) is 12.8 Å². The van der Waals surface area contributed by atoms with Crippen molar-refractivity contribution in [3.63, 3.8) is 0 Å². The fraction of sp³-hybridized carbons (Fsp3) is 0.400. The smallest absolute Gasteiger partial charge is 0.270 e. The van der Waals surface area contributed by atoms with Gasteiger partial charge in [-0.05, 0) is 40.8 Å². The van der Waals surface area contributed by atoms with Crippen LogP contribution >= 0.6 is 15.9 Å². The number of nitrogens with zero attached hydrogens (tertiary/aromatic N) is 1. The van der Waals surface area contributed by atoms with E-state index in [1.807, 2.05) is 0 Å². The Labute approximate surface area is 95.5 Å². The van der Waals surface area contributed by atoms with Crippen LogP contribution in [-0.4, -0.2) is 11.5 Å². The van der Waals surface area contributed by atoms with E-state index < -0.39 is 4.92 Å². The first-order chi connectivity index (χ1) is 7.16. The lowest BCUT2D eigenvalue weighted by Crippen LogP contribution is -1.99. The van der Waals surface area contributed by atoms with E-state index in [0.717, 1.165) is 0 Å². The van der Waals surface area contributed by atoms with Gasteiger partial charge in [-0.1, -0.05) is 0 Å². The number of halogens is 1. The van der Waals surface area contributed by atoms with Gasteiger partial charge in [-0.2, -0.15) is 0 Å². The van der Waals surface area contributed by atoms with Crippen molar-refractivity contribution in [1.29, 1.82) is 0 Å². The predicted octanol–water partition coefficient (Wildman–Crippen LogP) is 3.15. The molecular formula is C10H10BrNO3. The van der Waals surface area contributed by atoms with Crippen LogP contribution in [0, 0.1) is 16.0 Å². The Balaban J connectivity index is 2.07. The Morgan fingerprint density at radius 3 is 2.80 bits per heavy atom. The second kappa shape index (κ2) is 4.18. The molecule has 1 aliphatic carbocycles. The van der Waals surface area contributed by atoms with Crippen LogP contribution in [0.25, 0.3) is 0 Å². The number of nitro groups is 1. The number of ether oxygens (including phenoxy) is 1. The van der Waals surface area contributed by atoms with Crippen molar-refractivity contribution in [2.75, 3.05) is 6.61 Å². The first-order valence-electron chi connectivity index (χ1n) is 4.73. The van der Waals surface area contributed by atoms with Crippen molar-refractivity contribution in [3.05, 3.63) is 32.8 Å². The molecule has 0 N–H and O–H groups in total. The Bertz CT molecular complexity index is 390. The van der Waals surface area contributed by atoms with E-state index in [2.05, 4.69) is 15.9 Å². The van der Waals surface area contributed by atoms with Gasteiger partial charge in [0, 0.05) is 12.1 Å². The number of non-ortho nitro benzene ring substituents is 1. The minimum Gasteiger partial charge on any atom is -0.492 e. The van der Waals surface area contributed by atoms with Crippen LogP contribution in [0.2, 0.25) is 0 Å². The SMILES string of the molecule is O=[N+]([O-])c1ccc(OCC2CC2)c(Br)c1. The third kappa shape index (κ3) is 2.68. The molecule has 0 saturated heterocycles. The van der Waals surface area contributed by atoms with Crippen molar-refractivity contribution in [2.24, 2.45) is 5.92 Å². The van der Waals surface area contributed by atoms with E-state index >= 15 is 0 Å². The molecule has 1 aromatic carbocycles. The van der Waals surface area contributed by atoms with Gasteiger partial charge in [0.2, 0.25) is 0 Å². The molecule has 2 rings (SSSR count). The molecule has 0 unspecified atom stereocenters. The molecule has 1 aromatic rings. The summed E-state index contributed by atoms with van der Waals surface area (Å²) in [6, 6.07) is 4.54. The van der Waals surface area contributed by atoms with E-state index in [4.69, 9.17) is 4.74 Å². The Hall–Kier alpha value is -1.10. The highest BCUT2D eigenvalue weighted by molar-refractivity contribution is 9.10. The van der Waals surface area contributed by atoms with Crippen molar-refractivity contribution in [3.8, 4) is 5.75 Å². The normalized spacial score (nSPS) is 15.0. The van der Waals surface area contributed by atoms with Gasteiger partial charge in [-0.15, -0.1) is 0 Å². The second-order valence-electron chi connectivity index (χ2n) is 3.63. The molecular weight excluding hydrogens is 262 g/mol. The van der Waals surface area contributed by atoms with Crippen LogP contribution in [0.15, 0.2) is 22.7 Å². The lowest BCUT2D eigenvalue weighted by Gasteiger charge is -2.06. The van der Waals surface area contributed by atoms with Gasteiger partial charge in [0.25, 0.3) is 5.69 Å². The van der Waals surface area contributed by atoms with Crippen LogP contribution in [0.3, 0.4) is 0 Å². The molecule has 0 aromatic heterocycles. The number of benzene rings is 1. The lowest BCUT2D eigenvalue weighted by atomic mass is 10.3. The van der Waals surface area contributed by atoms with Crippen LogP contribution in [-0.2, 0) is 0 Å². The van der Waals surface area contributed by atoms with E-state index in [1.54, 1.807) is 6.07 Å². The first kappa shape index (κ1) is 10.4. The average Bonchev–Trinajstić information content (AvgIpc) is 2.99. The predicted molar refractivity (Wildman–Crippen MR) is 59.0 cm³/mol. The summed E-state index contributed by atoms with van der Waals surface area (Å²) in [4.78, 5) is 10.1. The van der Waals surface area contributed by atoms with E-state index in [0.29, 0.717) is 22.7 Å². The summed E-state index contributed by atoms with van der Waals surface area (Å²) in [5.74, 6) is 1.35. The summed E-state index contributed by atoms with van der Waals surface area (Å²) in [7, 11) is 0. The molecule has 4 nitrogen and oxygen atoms in total. The molecule has 0 spiro atoms. The maximum Gasteiger partial charge on any atom is 0.270 e. The van der Waals surface area contributed by atoms with Crippen LogP contribution < -0.4 is 4.74 Å². The van der Waals surface area contributed by atoms with Gasteiger partial charge in [0.1, 0.15) is 5.75 Å². The highest BCUT2D eigenvalue weighted by atomic mass is 79.9. The minimum atomic E-state index is -0.421. The molecule has 5 heteroatoms. The first-order valence-corrected chi connectivity index (χ1v) is 5.53. The monoisotopic (exact) mass is 271 g/mol. The summed E-state index contributed by atoms with van der Waals surface area (Å²) in [5, 5.41) is 10.5. The fourth-order valence-electron chi connectivity index (χ4n) is 1.21. The highest BCUT2D eigenvalue weighted by Crippen LogP contribution is 2.33. The van der Waals surface area contributed by atoms with Crippen molar-refractivity contribution in [1.82, 2.24) is 0 Å². The van der Waals surface area contributed by atoms with Crippen LogP contribution in [0.5, 0.6) is 5.75 Å². The fourth-order valence-corrected chi connectivity index (χ4v) is 1.69. The third-order valence-electron chi connectivity index (χ3n) is 2.30. The molecule has 0 atom stereocenters. The Morgan fingerprint density at radius 1 is 1.53 bits per heavy atom. The molecule has 1 saturated carbocycles. The van der Waals surface area contributed by atoms with Gasteiger partial charge in [-0.3, -0.25) is 10.1 Å². The quantitative estimate of drug-likeness (QED) is 0.625. The number of hydrogen-bond donors (Lipinski definition) is 0. The average molecular weight is 272 g/mol. The maximum absolute atomic E-state index is 10.5. The van der Waals surface area contributed by atoms with E-state index in [1.165, 1.54) is 25.0 Å². The molecule has 1 aliphatic rings. The van der Waals surface area contributed by atoms with Crippen LogP contribution in [0.4, 0.5) is 5.69 Å². The summed E-state index contributed by atoms with van der Waals surface area (Å²) in [5.41, 5.74) is 0.0700. The zero-order valence-electron chi connectivity index (χ0n) is 7.98. The molecule has 80 valence electrons. The van der Waals surface area contributed by atoms with Gasteiger partial charge < -0.3 is 4.74 Å². The lowest BCUT2D eigenvalue weighted by molar-refractivity contribution is -0.385. The van der Waals surface area contributed by atoms with Crippen molar-refractivity contribution < 1.29 is 9.66 Å². The molecule has 0 heterocycles. The maximum atomic E-state index is 10.5. The largest absolute Gasteiger partial charge is 0.492 e. The summed E-state index contributed by atoms with van der Waals surface area (Å²) in [6.45, 7) is 0.705. The molecule has 0 amide bonds. The number of hydrogen-bond acceptors (Lipinski definition) is 3. The molecule has 15 heavy (non-hydrogen) atoms. The summed E-state index contributed by atoms with van der Waals surface area (Å²) >= 11 is 3.26. The molecule has 0 radical (unpaired) electrons. The molecule has 1 fully saturated rings. The molecule has 0 bridgehead atoms. The zero-order valence-corrected chi connectivity index (χ0v) is 9.57. The highest BCUT2D eigenvalue weighted by Gasteiger charge is 2.22. The Morgan fingerprint density at radius 2 is 2.27 bits per heavy atom.